The van der Waals surface area contributed by atoms with Crippen LogP contribution in [-0.2, 0) is 12.8 Å². The summed E-state index contributed by atoms with van der Waals surface area (Å²) in [5.74, 6) is 2.83. The average Bonchev–Trinajstić information content (AvgIpc) is 2.72. The number of piperidine rings is 1. The third kappa shape index (κ3) is 6.44. The zero-order valence-corrected chi connectivity index (χ0v) is 17.3. The molecule has 27 heavy (non-hydrogen) atoms. The predicted molar refractivity (Wildman–Crippen MR) is 114 cm³/mol. The summed E-state index contributed by atoms with van der Waals surface area (Å²) in [5.41, 5.74) is 2.71. The highest BCUT2D eigenvalue weighted by Crippen LogP contribution is 2.24. The van der Waals surface area contributed by atoms with E-state index in [1.165, 1.54) is 43.5 Å². The SMILES string of the molecule is COc1cccc(CCC2CCN(CCc3ccccc3OC)CC2)c1.Cl. The Balaban J connectivity index is 0.00000261. The number of benzene rings is 2. The van der Waals surface area contributed by atoms with Crippen molar-refractivity contribution in [3.05, 3.63) is 59.7 Å². The number of likely N-dealkylation sites (tertiary alicyclic amines) is 1. The molecule has 1 aliphatic heterocycles. The normalized spacial score (nSPS) is 15.2. The van der Waals surface area contributed by atoms with E-state index in [0.717, 1.165) is 36.8 Å². The highest BCUT2D eigenvalue weighted by molar-refractivity contribution is 5.85. The maximum absolute atomic E-state index is 5.47. The summed E-state index contributed by atoms with van der Waals surface area (Å²) in [6, 6.07) is 16.9. The number of rotatable bonds is 8. The van der Waals surface area contributed by atoms with Gasteiger partial charge in [-0.05, 0) is 80.4 Å². The first-order valence-electron chi connectivity index (χ1n) is 9.75. The van der Waals surface area contributed by atoms with Gasteiger partial charge in [-0.1, -0.05) is 30.3 Å². The molecule has 0 amide bonds. The minimum Gasteiger partial charge on any atom is -0.497 e. The smallest absolute Gasteiger partial charge is 0.122 e. The molecule has 1 heterocycles. The predicted octanol–water partition coefficient (Wildman–Crippen LogP) is 5.01. The van der Waals surface area contributed by atoms with Crippen molar-refractivity contribution in [1.82, 2.24) is 4.90 Å². The number of aryl methyl sites for hydroxylation is 1. The molecule has 1 fully saturated rings. The van der Waals surface area contributed by atoms with Gasteiger partial charge >= 0.3 is 0 Å². The second-order valence-corrected chi connectivity index (χ2v) is 7.24. The van der Waals surface area contributed by atoms with Crippen molar-refractivity contribution in [2.75, 3.05) is 33.9 Å². The van der Waals surface area contributed by atoms with E-state index >= 15 is 0 Å². The summed E-state index contributed by atoms with van der Waals surface area (Å²) in [4.78, 5) is 2.61. The Morgan fingerprint density at radius 3 is 2.44 bits per heavy atom. The maximum atomic E-state index is 5.47. The molecule has 1 aliphatic rings. The maximum Gasteiger partial charge on any atom is 0.122 e. The number of ether oxygens (including phenoxy) is 2. The van der Waals surface area contributed by atoms with Crippen molar-refractivity contribution < 1.29 is 9.47 Å². The quantitative estimate of drug-likeness (QED) is 0.633. The number of halogens is 1. The minimum absolute atomic E-state index is 0. The lowest BCUT2D eigenvalue weighted by Gasteiger charge is -2.32. The molecule has 0 N–H and O–H groups in total. The Kier molecular flexibility index (Phi) is 8.96. The summed E-state index contributed by atoms with van der Waals surface area (Å²) >= 11 is 0. The van der Waals surface area contributed by atoms with E-state index < -0.39 is 0 Å². The number of para-hydroxylation sites is 1. The number of hydrogen-bond donors (Lipinski definition) is 0. The molecular formula is C23H32ClNO2. The monoisotopic (exact) mass is 389 g/mol. The van der Waals surface area contributed by atoms with Gasteiger partial charge in [0.2, 0.25) is 0 Å². The zero-order valence-electron chi connectivity index (χ0n) is 16.5. The molecule has 0 saturated carbocycles. The molecule has 3 rings (SSSR count). The van der Waals surface area contributed by atoms with Crippen LogP contribution < -0.4 is 9.47 Å². The van der Waals surface area contributed by atoms with Crippen molar-refractivity contribution in [1.29, 1.82) is 0 Å². The summed E-state index contributed by atoms with van der Waals surface area (Å²) in [5, 5.41) is 0. The first-order valence-corrected chi connectivity index (χ1v) is 9.75. The Morgan fingerprint density at radius 2 is 1.70 bits per heavy atom. The molecule has 0 bridgehead atoms. The van der Waals surface area contributed by atoms with Crippen molar-refractivity contribution in [2.45, 2.75) is 32.1 Å². The van der Waals surface area contributed by atoms with Crippen LogP contribution in [0.1, 0.15) is 30.4 Å². The Morgan fingerprint density at radius 1 is 0.926 bits per heavy atom. The van der Waals surface area contributed by atoms with Gasteiger partial charge in [0.25, 0.3) is 0 Å². The average molecular weight is 390 g/mol. The molecule has 0 unspecified atom stereocenters. The summed E-state index contributed by atoms with van der Waals surface area (Å²) < 4.78 is 10.8. The Labute approximate surface area is 170 Å². The van der Waals surface area contributed by atoms with Crippen LogP contribution in [-0.4, -0.2) is 38.8 Å². The van der Waals surface area contributed by atoms with E-state index in [4.69, 9.17) is 9.47 Å². The third-order valence-corrected chi connectivity index (χ3v) is 5.57. The van der Waals surface area contributed by atoms with Crippen LogP contribution >= 0.6 is 12.4 Å². The molecule has 0 spiro atoms. The molecule has 0 atom stereocenters. The number of nitrogens with zero attached hydrogens (tertiary/aromatic N) is 1. The van der Waals surface area contributed by atoms with Crippen LogP contribution in [0.25, 0.3) is 0 Å². The van der Waals surface area contributed by atoms with Gasteiger partial charge < -0.3 is 14.4 Å². The topological polar surface area (TPSA) is 21.7 Å². The van der Waals surface area contributed by atoms with E-state index in [1.807, 2.05) is 12.1 Å². The van der Waals surface area contributed by atoms with Crippen LogP contribution in [0.15, 0.2) is 48.5 Å². The molecule has 0 aliphatic carbocycles. The first kappa shape index (κ1) is 21.6. The van der Waals surface area contributed by atoms with Crippen LogP contribution in [0, 0.1) is 5.92 Å². The summed E-state index contributed by atoms with van der Waals surface area (Å²) in [7, 11) is 3.49. The fraction of sp³-hybridized carbons (Fsp3) is 0.478. The fourth-order valence-corrected chi connectivity index (χ4v) is 3.89. The van der Waals surface area contributed by atoms with Gasteiger partial charge in [-0.3, -0.25) is 0 Å². The lowest BCUT2D eigenvalue weighted by Crippen LogP contribution is -2.35. The highest BCUT2D eigenvalue weighted by atomic mass is 35.5. The van der Waals surface area contributed by atoms with E-state index in [1.54, 1.807) is 14.2 Å². The first-order chi connectivity index (χ1) is 12.8. The van der Waals surface area contributed by atoms with Crippen molar-refractivity contribution in [3.8, 4) is 11.5 Å². The molecule has 0 aromatic heterocycles. The fourth-order valence-electron chi connectivity index (χ4n) is 3.89. The van der Waals surface area contributed by atoms with Crippen LogP contribution in [0.2, 0.25) is 0 Å². The van der Waals surface area contributed by atoms with Gasteiger partial charge in [0.15, 0.2) is 0 Å². The molecular weight excluding hydrogens is 358 g/mol. The standard InChI is InChI=1S/C23H31NO2.ClH/c1-25-22-8-5-6-20(18-22)11-10-19-12-15-24(16-13-19)17-14-21-7-3-4-9-23(21)26-2;/h3-9,18-19H,10-17H2,1-2H3;1H. The van der Waals surface area contributed by atoms with Gasteiger partial charge in [-0.25, -0.2) is 0 Å². The van der Waals surface area contributed by atoms with Gasteiger partial charge in [0, 0.05) is 6.54 Å². The molecule has 4 heteroatoms. The largest absolute Gasteiger partial charge is 0.497 e. The highest BCUT2D eigenvalue weighted by Gasteiger charge is 2.19. The second kappa shape index (κ2) is 11.2. The lowest BCUT2D eigenvalue weighted by molar-refractivity contribution is 0.180. The van der Waals surface area contributed by atoms with Gasteiger partial charge in [0.05, 0.1) is 14.2 Å². The van der Waals surface area contributed by atoms with Gasteiger partial charge in [-0.2, -0.15) is 0 Å². The van der Waals surface area contributed by atoms with Crippen molar-refractivity contribution in [3.63, 3.8) is 0 Å². The van der Waals surface area contributed by atoms with Gasteiger partial charge in [0.1, 0.15) is 11.5 Å². The second-order valence-electron chi connectivity index (χ2n) is 7.24. The van der Waals surface area contributed by atoms with Crippen molar-refractivity contribution >= 4 is 12.4 Å². The molecule has 0 radical (unpaired) electrons. The zero-order chi connectivity index (χ0) is 18.2. The molecule has 3 nitrogen and oxygen atoms in total. The van der Waals surface area contributed by atoms with E-state index in [9.17, 15) is 0 Å². The van der Waals surface area contributed by atoms with E-state index in [0.29, 0.717) is 0 Å². The molecule has 148 valence electrons. The summed E-state index contributed by atoms with van der Waals surface area (Å²) in [6.07, 6.45) is 6.14. The number of hydrogen-bond acceptors (Lipinski definition) is 3. The summed E-state index contributed by atoms with van der Waals surface area (Å²) in [6.45, 7) is 3.57. The van der Waals surface area contributed by atoms with Crippen molar-refractivity contribution in [2.24, 2.45) is 5.92 Å². The molecule has 2 aromatic rings. The lowest BCUT2D eigenvalue weighted by atomic mass is 9.90. The Bertz CT molecular complexity index is 684. The Hall–Kier alpha value is -1.71. The van der Waals surface area contributed by atoms with Crippen LogP contribution in [0.3, 0.4) is 0 Å². The van der Waals surface area contributed by atoms with Crippen LogP contribution in [0.4, 0.5) is 0 Å². The van der Waals surface area contributed by atoms with Crippen LogP contribution in [0.5, 0.6) is 11.5 Å². The molecule has 1 saturated heterocycles. The third-order valence-electron chi connectivity index (χ3n) is 5.57. The van der Waals surface area contributed by atoms with E-state index in [2.05, 4.69) is 41.3 Å². The van der Waals surface area contributed by atoms with Gasteiger partial charge in [-0.15, -0.1) is 12.4 Å². The number of methoxy groups -OCH3 is 2. The minimum atomic E-state index is 0. The van der Waals surface area contributed by atoms with E-state index in [-0.39, 0.29) is 12.4 Å². The molecule has 2 aromatic carbocycles.